The second-order valence-corrected chi connectivity index (χ2v) is 4.66. The van der Waals surface area contributed by atoms with Gasteiger partial charge < -0.3 is 15.8 Å². The summed E-state index contributed by atoms with van der Waals surface area (Å²) in [6, 6.07) is 0. The van der Waals surface area contributed by atoms with Gasteiger partial charge in [0, 0.05) is 13.7 Å². The van der Waals surface area contributed by atoms with Crippen molar-refractivity contribution in [1.29, 1.82) is 0 Å². The summed E-state index contributed by atoms with van der Waals surface area (Å²) in [6.07, 6.45) is 2.65. The Morgan fingerprint density at radius 2 is 2.14 bits per heavy atom. The first-order valence-electron chi connectivity index (χ1n) is 5.02. The van der Waals surface area contributed by atoms with Gasteiger partial charge in [-0.3, -0.25) is 4.79 Å². The molecule has 82 valence electrons. The SMILES string of the molecule is COC(C)(C)CNC(=O)C1(N)CCC1. The van der Waals surface area contributed by atoms with Crippen LogP contribution in [0, 0.1) is 0 Å². The Balaban J connectivity index is 2.35. The molecule has 0 aromatic rings. The van der Waals surface area contributed by atoms with Crippen LogP contribution in [0.2, 0.25) is 0 Å². The van der Waals surface area contributed by atoms with Gasteiger partial charge in [-0.1, -0.05) is 0 Å². The van der Waals surface area contributed by atoms with Gasteiger partial charge in [0.15, 0.2) is 0 Å². The van der Waals surface area contributed by atoms with E-state index in [1.54, 1.807) is 7.11 Å². The first-order chi connectivity index (χ1) is 6.40. The van der Waals surface area contributed by atoms with Gasteiger partial charge in [0.05, 0.1) is 11.1 Å². The number of nitrogens with two attached hydrogens (primary N) is 1. The zero-order valence-electron chi connectivity index (χ0n) is 9.22. The number of amides is 1. The van der Waals surface area contributed by atoms with Gasteiger partial charge in [-0.25, -0.2) is 0 Å². The van der Waals surface area contributed by atoms with E-state index in [1.807, 2.05) is 13.8 Å². The van der Waals surface area contributed by atoms with Crippen LogP contribution < -0.4 is 11.1 Å². The third-order valence-corrected chi connectivity index (χ3v) is 2.93. The number of nitrogens with one attached hydrogen (secondary N) is 1. The molecule has 3 N–H and O–H groups in total. The van der Waals surface area contributed by atoms with E-state index in [0.717, 1.165) is 19.3 Å². The molecule has 1 aliphatic carbocycles. The summed E-state index contributed by atoms with van der Waals surface area (Å²) in [5.74, 6) is -0.0473. The van der Waals surface area contributed by atoms with Crippen LogP contribution in [0.25, 0.3) is 0 Å². The summed E-state index contributed by atoms with van der Waals surface area (Å²) in [5, 5.41) is 2.83. The third-order valence-electron chi connectivity index (χ3n) is 2.93. The molecule has 1 fully saturated rings. The minimum absolute atomic E-state index is 0.0473. The van der Waals surface area contributed by atoms with Crippen molar-refractivity contribution in [3.05, 3.63) is 0 Å². The molecule has 0 radical (unpaired) electrons. The zero-order chi connectivity index (χ0) is 10.8. The molecule has 0 unspecified atom stereocenters. The van der Waals surface area contributed by atoms with E-state index < -0.39 is 5.54 Å². The number of carbonyl (C=O) groups is 1. The Bertz CT molecular complexity index is 222. The van der Waals surface area contributed by atoms with Gasteiger partial charge in [-0.15, -0.1) is 0 Å². The average molecular weight is 200 g/mol. The molecule has 0 heterocycles. The molecule has 4 nitrogen and oxygen atoms in total. The first kappa shape index (κ1) is 11.5. The lowest BCUT2D eigenvalue weighted by atomic mass is 9.77. The van der Waals surface area contributed by atoms with Crippen LogP contribution in [0.1, 0.15) is 33.1 Å². The maximum absolute atomic E-state index is 11.6. The largest absolute Gasteiger partial charge is 0.377 e. The molecule has 1 rings (SSSR count). The van der Waals surface area contributed by atoms with E-state index in [9.17, 15) is 4.79 Å². The number of ether oxygens (including phenoxy) is 1. The molecule has 0 aromatic heterocycles. The van der Waals surface area contributed by atoms with Crippen molar-refractivity contribution < 1.29 is 9.53 Å². The highest BCUT2D eigenvalue weighted by Gasteiger charge is 2.40. The molecule has 0 aromatic carbocycles. The molecule has 0 bridgehead atoms. The first-order valence-corrected chi connectivity index (χ1v) is 5.02. The summed E-state index contributed by atoms with van der Waals surface area (Å²) in [4.78, 5) is 11.6. The van der Waals surface area contributed by atoms with Gasteiger partial charge in [-0.05, 0) is 33.1 Å². The molecule has 0 saturated heterocycles. The quantitative estimate of drug-likeness (QED) is 0.691. The van der Waals surface area contributed by atoms with Crippen molar-refractivity contribution in [3.8, 4) is 0 Å². The Morgan fingerprint density at radius 1 is 1.57 bits per heavy atom. The van der Waals surface area contributed by atoms with E-state index in [4.69, 9.17) is 10.5 Å². The number of methoxy groups -OCH3 is 1. The summed E-state index contributed by atoms with van der Waals surface area (Å²) in [5.41, 5.74) is 4.93. The Morgan fingerprint density at radius 3 is 2.50 bits per heavy atom. The zero-order valence-corrected chi connectivity index (χ0v) is 9.22. The van der Waals surface area contributed by atoms with Crippen molar-refractivity contribution >= 4 is 5.91 Å². The van der Waals surface area contributed by atoms with Crippen LogP contribution >= 0.6 is 0 Å². The summed E-state index contributed by atoms with van der Waals surface area (Å²) < 4.78 is 5.20. The Kier molecular flexibility index (Phi) is 3.17. The highest BCUT2D eigenvalue weighted by atomic mass is 16.5. The van der Waals surface area contributed by atoms with E-state index in [0.29, 0.717) is 6.54 Å². The average Bonchev–Trinajstić information content (AvgIpc) is 2.10. The van der Waals surface area contributed by atoms with E-state index in [1.165, 1.54) is 0 Å². The second kappa shape index (κ2) is 3.87. The fraction of sp³-hybridized carbons (Fsp3) is 0.900. The highest BCUT2D eigenvalue weighted by molar-refractivity contribution is 5.87. The van der Waals surface area contributed by atoms with Gasteiger partial charge in [-0.2, -0.15) is 0 Å². The summed E-state index contributed by atoms with van der Waals surface area (Å²) in [6.45, 7) is 4.36. The normalized spacial score (nSPS) is 20.0. The molecule has 0 atom stereocenters. The lowest BCUT2D eigenvalue weighted by molar-refractivity contribution is -0.130. The maximum atomic E-state index is 11.6. The second-order valence-electron chi connectivity index (χ2n) is 4.66. The van der Waals surface area contributed by atoms with Gasteiger partial charge in [0.2, 0.25) is 5.91 Å². The topological polar surface area (TPSA) is 64.3 Å². The minimum Gasteiger partial charge on any atom is -0.377 e. The fourth-order valence-corrected chi connectivity index (χ4v) is 1.33. The van der Waals surface area contributed by atoms with Crippen LogP contribution in [0.15, 0.2) is 0 Å². The molecule has 14 heavy (non-hydrogen) atoms. The van der Waals surface area contributed by atoms with Crippen LogP contribution in [0.4, 0.5) is 0 Å². The van der Waals surface area contributed by atoms with Gasteiger partial charge >= 0.3 is 0 Å². The minimum atomic E-state index is -0.607. The number of hydrogen-bond acceptors (Lipinski definition) is 3. The predicted octanol–water partition coefficient (Wildman–Crippen LogP) is 0.409. The van der Waals surface area contributed by atoms with Crippen molar-refractivity contribution in [2.24, 2.45) is 5.73 Å². The molecular weight excluding hydrogens is 180 g/mol. The van der Waals surface area contributed by atoms with E-state index >= 15 is 0 Å². The predicted molar refractivity (Wildman–Crippen MR) is 54.9 cm³/mol. The van der Waals surface area contributed by atoms with Crippen LogP contribution in [0.3, 0.4) is 0 Å². The lowest BCUT2D eigenvalue weighted by Crippen LogP contribution is -2.60. The highest BCUT2D eigenvalue weighted by Crippen LogP contribution is 2.29. The standard InChI is InChI=1S/C10H20N2O2/c1-9(2,14-3)7-12-8(13)10(11)5-4-6-10/h4-7,11H2,1-3H3,(H,12,13). The van der Waals surface area contributed by atoms with Crippen LogP contribution in [-0.4, -0.2) is 30.7 Å². The number of rotatable bonds is 4. The molecule has 4 heteroatoms. The molecule has 0 aliphatic heterocycles. The molecule has 1 amide bonds. The number of hydrogen-bond donors (Lipinski definition) is 2. The van der Waals surface area contributed by atoms with Gasteiger partial charge in [0.25, 0.3) is 0 Å². The van der Waals surface area contributed by atoms with Crippen molar-refractivity contribution in [2.45, 2.75) is 44.2 Å². The van der Waals surface area contributed by atoms with Crippen molar-refractivity contribution in [2.75, 3.05) is 13.7 Å². The summed E-state index contributed by atoms with van der Waals surface area (Å²) in [7, 11) is 1.63. The monoisotopic (exact) mass is 200 g/mol. The summed E-state index contributed by atoms with van der Waals surface area (Å²) >= 11 is 0. The fourth-order valence-electron chi connectivity index (χ4n) is 1.33. The molecule has 1 aliphatic rings. The lowest BCUT2D eigenvalue weighted by Gasteiger charge is -2.37. The van der Waals surface area contributed by atoms with Crippen LogP contribution in [0.5, 0.6) is 0 Å². The Hall–Kier alpha value is -0.610. The number of carbonyl (C=O) groups excluding carboxylic acids is 1. The third kappa shape index (κ3) is 2.45. The molecular formula is C10H20N2O2. The van der Waals surface area contributed by atoms with Crippen molar-refractivity contribution in [1.82, 2.24) is 5.32 Å². The van der Waals surface area contributed by atoms with Crippen molar-refractivity contribution in [3.63, 3.8) is 0 Å². The van der Waals surface area contributed by atoms with Gasteiger partial charge in [0.1, 0.15) is 0 Å². The van der Waals surface area contributed by atoms with Crippen LogP contribution in [-0.2, 0) is 9.53 Å². The molecule has 0 spiro atoms. The smallest absolute Gasteiger partial charge is 0.240 e. The Labute approximate surface area is 85.2 Å². The van der Waals surface area contributed by atoms with E-state index in [2.05, 4.69) is 5.32 Å². The maximum Gasteiger partial charge on any atom is 0.240 e. The molecule has 1 saturated carbocycles. The van der Waals surface area contributed by atoms with E-state index in [-0.39, 0.29) is 11.5 Å².